The smallest absolute Gasteiger partial charge is 0.354 e. The van der Waals surface area contributed by atoms with E-state index in [2.05, 4.69) is 5.10 Å². The van der Waals surface area contributed by atoms with Crippen molar-refractivity contribution in [1.29, 1.82) is 0 Å². The first-order chi connectivity index (χ1) is 10.1. The van der Waals surface area contributed by atoms with Crippen LogP contribution in [0.2, 0.25) is 0 Å². The fourth-order valence-electron chi connectivity index (χ4n) is 3.68. The maximum absolute atomic E-state index is 14.0. The van der Waals surface area contributed by atoms with Crippen LogP contribution in [0.5, 0.6) is 0 Å². The molecule has 2 unspecified atom stereocenters. The second-order valence-electron chi connectivity index (χ2n) is 5.67. The zero-order valence-corrected chi connectivity index (χ0v) is 11.0. The summed E-state index contributed by atoms with van der Waals surface area (Å²) in [6.07, 6.45) is 2.89. The Kier molecular flexibility index (Phi) is 2.46. The number of benzene rings is 1. The minimum atomic E-state index is -1.12. The van der Waals surface area contributed by atoms with Gasteiger partial charge in [0.05, 0.1) is 5.69 Å². The summed E-state index contributed by atoms with van der Waals surface area (Å²) in [6, 6.07) is 3.06. The van der Waals surface area contributed by atoms with Crippen LogP contribution in [0.3, 0.4) is 0 Å². The van der Waals surface area contributed by atoms with Gasteiger partial charge in [0, 0.05) is 17.5 Å². The highest BCUT2D eigenvalue weighted by Gasteiger charge is 2.44. The molecule has 6 heteroatoms. The molecular weight excluding hydrogens is 278 g/mol. The van der Waals surface area contributed by atoms with Gasteiger partial charge in [-0.3, -0.25) is 0 Å². The van der Waals surface area contributed by atoms with Gasteiger partial charge >= 0.3 is 5.97 Å². The van der Waals surface area contributed by atoms with E-state index < -0.39 is 17.6 Å². The lowest BCUT2D eigenvalue weighted by Gasteiger charge is -2.10. The van der Waals surface area contributed by atoms with E-state index in [-0.39, 0.29) is 23.2 Å². The number of carboxylic acid groups (broad SMARTS) is 1. The number of hydrogen-bond donors (Lipinski definition) is 1. The Balaban J connectivity index is 1.96. The van der Waals surface area contributed by atoms with E-state index in [0.29, 0.717) is 0 Å². The van der Waals surface area contributed by atoms with Crippen LogP contribution < -0.4 is 0 Å². The van der Waals surface area contributed by atoms with Crippen LogP contribution >= 0.6 is 0 Å². The van der Waals surface area contributed by atoms with E-state index in [9.17, 15) is 18.7 Å². The maximum Gasteiger partial charge on any atom is 0.354 e. The van der Waals surface area contributed by atoms with Crippen LogP contribution in [0, 0.1) is 11.6 Å². The second-order valence-corrected chi connectivity index (χ2v) is 5.67. The molecule has 0 saturated heterocycles. The third kappa shape index (κ3) is 1.65. The molecule has 1 aromatic carbocycles. The normalized spacial score (nSPS) is 22.6. The van der Waals surface area contributed by atoms with Crippen molar-refractivity contribution in [2.75, 3.05) is 0 Å². The fraction of sp³-hybridized carbons (Fsp3) is 0.333. The minimum absolute atomic E-state index is 0.0164. The van der Waals surface area contributed by atoms with Crippen LogP contribution in [0.4, 0.5) is 8.78 Å². The predicted octanol–water partition coefficient (Wildman–Crippen LogP) is 3.21. The highest BCUT2D eigenvalue weighted by Crippen LogP contribution is 2.54. The standard InChI is InChI=1S/C15H12F2N2O2/c16-9-3-4-11(10(17)6-9)19-14(15(20)21)12-7-1-2-8(5-7)13(12)18-19/h3-4,6-8H,1-2,5H2,(H,20,21). The first kappa shape index (κ1) is 12.5. The van der Waals surface area contributed by atoms with Gasteiger partial charge < -0.3 is 5.11 Å². The largest absolute Gasteiger partial charge is 0.476 e. The van der Waals surface area contributed by atoms with Crippen LogP contribution in [0.25, 0.3) is 5.69 Å². The Morgan fingerprint density at radius 2 is 2.05 bits per heavy atom. The first-order valence-corrected chi connectivity index (χ1v) is 6.87. The van der Waals surface area contributed by atoms with Gasteiger partial charge in [-0.2, -0.15) is 5.10 Å². The predicted molar refractivity (Wildman–Crippen MR) is 69.8 cm³/mol. The summed E-state index contributed by atoms with van der Waals surface area (Å²) in [7, 11) is 0. The van der Waals surface area contributed by atoms with E-state index in [0.717, 1.165) is 47.3 Å². The summed E-state index contributed by atoms with van der Waals surface area (Å²) in [5.41, 5.74) is 1.50. The van der Waals surface area contributed by atoms with Crippen molar-refractivity contribution in [3.8, 4) is 5.69 Å². The average molecular weight is 290 g/mol. The molecule has 2 atom stereocenters. The first-order valence-electron chi connectivity index (χ1n) is 6.87. The number of carbonyl (C=O) groups is 1. The molecule has 4 rings (SSSR count). The van der Waals surface area contributed by atoms with Crippen LogP contribution in [-0.4, -0.2) is 20.9 Å². The van der Waals surface area contributed by atoms with Gasteiger partial charge in [-0.15, -0.1) is 0 Å². The zero-order chi connectivity index (χ0) is 14.7. The molecule has 2 aliphatic carbocycles. The average Bonchev–Trinajstić information content (AvgIpc) is 3.09. The quantitative estimate of drug-likeness (QED) is 0.924. The lowest BCUT2D eigenvalue weighted by molar-refractivity contribution is 0.0685. The number of aromatic carboxylic acids is 1. The molecule has 108 valence electrons. The Bertz CT molecular complexity index is 769. The van der Waals surface area contributed by atoms with Gasteiger partial charge in [0.25, 0.3) is 0 Å². The number of fused-ring (bicyclic) bond motifs is 5. The Hall–Kier alpha value is -2.24. The summed E-state index contributed by atoms with van der Waals surface area (Å²) >= 11 is 0. The summed E-state index contributed by atoms with van der Waals surface area (Å²) in [5, 5.41) is 13.8. The molecule has 0 radical (unpaired) electrons. The Morgan fingerprint density at radius 1 is 1.29 bits per heavy atom. The van der Waals surface area contributed by atoms with E-state index in [1.165, 1.54) is 6.07 Å². The number of rotatable bonds is 2. The van der Waals surface area contributed by atoms with Gasteiger partial charge in [-0.25, -0.2) is 18.3 Å². The van der Waals surface area contributed by atoms with Crippen molar-refractivity contribution in [2.24, 2.45) is 0 Å². The van der Waals surface area contributed by atoms with Crippen LogP contribution in [0.15, 0.2) is 18.2 Å². The number of halogens is 2. The topological polar surface area (TPSA) is 55.1 Å². The Morgan fingerprint density at radius 3 is 2.76 bits per heavy atom. The van der Waals surface area contributed by atoms with Crippen LogP contribution in [-0.2, 0) is 0 Å². The SMILES string of the molecule is O=C(O)c1c2c(nn1-c1ccc(F)cc1F)C1CCC2C1. The molecule has 0 aliphatic heterocycles. The van der Waals surface area contributed by atoms with Gasteiger partial charge in [0.2, 0.25) is 0 Å². The summed E-state index contributed by atoms with van der Waals surface area (Å²) in [6.45, 7) is 0. The van der Waals surface area contributed by atoms with E-state index in [1.807, 2.05) is 0 Å². The monoisotopic (exact) mass is 290 g/mol. The van der Waals surface area contributed by atoms with Gasteiger partial charge in [-0.1, -0.05) is 0 Å². The fourth-order valence-corrected chi connectivity index (χ4v) is 3.68. The highest BCUT2D eigenvalue weighted by molar-refractivity contribution is 5.89. The molecule has 1 fully saturated rings. The molecule has 0 amide bonds. The van der Waals surface area contributed by atoms with E-state index in [1.54, 1.807) is 0 Å². The Labute approximate surface area is 119 Å². The van der Waals surface area contributed by atoms with Crippen LogP contribution in [0.1, 0.15) is 52.8 Å². The van der Waals surface area contributed by atoms with Crippen molar-refractivity contribution in [3.63, 3.8) is 0 Å². The third-order valence-electron chi connectivity index (χ3n) is 4.52. The second kappa shape index (κ2) is 4.13. The van der Waals surface area contributed by atoms with Gasteiger partial charge in [0.1, 0.15) is 11.5 Å². The van der Waals surface area contributed by atoms with Crippen molar-refractivity contribution >= 4 is 5.97 Å². The summed E-state index contributed by atoms with van der Waals surface area (Å²) < 4.78 is 28.1. The minimum Gasteiger partial charge on any atom is -0.476 e. The molecule has 2 bridgehead atoms. The molecule has 1 saturated carbocycles. The molecule has 21 heavy (non-hydrogen) atoms. The molecule has 1 heterocycles. The zero-order valence-electron chi connectivity index (χ0n) is 11.0. The third-order valence-corrected chi connectivity index (χ3v) is 4.52. The van der Waals surface area contributed by atoms with E-state index in [4.69, 9.17) is 0 Å². The molecule has 1 N–H and O–H groups in total. The van der Waals surface area contributed by atoms with Crippen molar-refractivity contribution in [3.05, 3.63) is 46.8 Å². The molecular formula is C15H12F2N2O2. The number of aromatic nitrogens is 2. The molecule has 0 spiro atoms. The van der Waals surface area contributed by atoms with Gasteiger partial charge in [-0.05, 0) is 37.3 Å². The molecule has 1 aromatic heterocycles. The van der Waals surface area contributed by atoms with Crippen molar-refractivity contribution in [2.45, 2.75) is 31.1 Å². The maximum atomic E-state index is 14.0. The number of carboxylic acids is 1. The molecule has 2 aliphatic rings. The lowest BCUT2D eigenvalue weighted by Crippen LogP contribution is -2.12. The number of hydrogen-bond acceptors (Lipinski definition) is 2. The van der Waals surface area contributed by atoms with E-state index >= 15 is 0 Å². The number of nitrogens with zero attached hydrogens (tertiary/aromatic N) is 2. The molecule has 4 nitrogen and oxygen atoms in total. The molecule has 2 aromatic rings. The lowest BCUT2D eigenvalue weighted by atomic mass is 9.95. The highest BCUT2D eigenvalue weighted by atomic mass is 19.1. The van der Waals surface area contributed by atoms with Crippen molar-refractivity contribution in [1.82, 2.24) is 9.78 Å². The summed E-state index contributed by atoms with van der Waals surface area (Å²) in [5.74, 6) is -2.17. The van der Waals surface area contributed by atoms with Gasteiger partial charge in [0.15, 0.2) is 11.5 Å². The summed E-state index contributed by atoms with van der Waals surface area (Å²) in [4.78, 5) is 11.6. The van der Waals surface area contributed by atoms with Crippen molar-refractivity contribution < 1.29 is 18.7 Å².